The topological polar surface area (TPSA) is 43.6 Å². The van der Waals surface area contributed by atoms with E-state index in [-0.39, 0.29) is 0 Å². The normalized spacial score (nSPS) is 10.3. The van der Waals surface area contributed by atoms with Crippen molar-refractivity contribution in [1.82, 2.24) is 20.2 Å². The summed E-state index contributed by atoms with van der Waals surface area (Å²) in [6, 6.07) is 8.08. The average Bonchev–Trinajstić information content (AvgIpc) is 2.53. The van der Waals surface area contributed by atoms with Gasteiger partial charge in [-0.3, -0.25) is 0 Å². The molecule has 0 N–H and O–H groups in total. The van der Waals surface area contributed by atoms with E-state index in [1.807, 2.05) is 31.3 Å². The van der Waals surface area contributed by atoms with E-state index < -0.39 is 0 Å². The summed E-state index contributed by atoms with van der Waals surface area (Å²) in [7, 11) is 1.83. The summed E-state index contributed by atoms with van der Waals surface area (Å²) in [5, 5.41) is 11.3. The fraction of sp³-hybridized carbons (Fsp3) is 0.125. The third kappa shape index (κ3) is 1.69. The monoisotopic (exact) mass is 286 g/mol. The van der Waals surface area contributed by atoms with Gasteiger partial charge in [0.15, 0.2) is 5.82 Å². The van der Waals surface area contributed by atoms with Gasteiger partial charge in [-0.2, -0.15) is 0 Å². The van der Waals surface area contributed by atoms with Crippen molar-refractivity contribution in [2.24, 2.45) is 7.05 Å². The van der Waals surface area contributed by atoms with Gasteiger partial charge in [0.25, 0.3) is 0 Å². The van der Waals surface area contributed by atoms with Gasteiger partial charge in [-0.15, -0.1) is 5.10 Å². The summed E-state index contributed by atoms with van der Waals surface area (Å²) in [5.41, 5.74) is 1.04. The number of rotatable bonds is 1. The molecule has 66 valence electrons. The van der Waals surface area contributed by atoms with Crippen LogP contribution in [0.1, 0.15) is 0 Å². The lowest BCUT2D eigenvalue weighted by atomic mass is 10.2. The number of tetrazole rings is 1. The van der Waals surface area contributed by atoms with Gasteiger partial charge in [0.05, 0.1) is 0 Å². The first kappa shape index (κ1) is 8.61. The Bertz CT molecular complexity index is 406. The van der Waals surface area contributed by atoms with Crippen molar-refractivity contribution < 1.29 is 0 Å². The Kier molecular flexibility index (Phi) is 2.26. The highest BCUT2D eigenvalue weighted by Gasteiger charge is 2.03. The molecule has 5 heteroatoms. The molecule has 2 aromatic rings. The predicted octanol–water partition coefficient (Wildman–Crippen LogP) is 1.48. The fourth-order valence-corrected chi connectivity index (χ4v) is 1.43. The molecule has 0 atom stereocenters. The van der Waals surface area contributed by atoms with Crippen LogP contribution in [0.25, 0.3) is 11.4 Å². The van der Waals surface area contributed by atoms with Gasteiger partial charge in [-0.05, 0) is 45.2 Å². The maximum atomic E-state index is 3.92. The maximum absolute atomic E-state index is 3.92. The summed E-state index contributed by atoms with van der Waals surface area (Å²) >= 11 is 2.26. The first-order valence-corrected chi connectivity index (χ1v) is 4.83. The van der Waals surface area contributed by atoms with E-state index >= 15 is 0 Å². The third-order valence-corrected chi connectivity index (χ3v) is 2.44. The van der Waals surface area contributed by atoms with Crippen LogP contribution in [0, 0.1) is 3.57 Å². The molecule has 0 radical (unpaired) electrons. The molecule has 0 bridgehead atoms. The number of aromatic nitrogens is 4. The standard InChI is InChI=1S/C8H7IN4/c1-13-8(10-11-12-13)6-2-4-7(9)5-3-6/h2-5H,1H3. The van der Waals surface area contributed by atoms with E-state index in [4.69, 9.17) is 0 Å². The summed E-state index contributed by atoms with van der Waals surface area (Å²) < 4.78 is 2.86. The van der Waals surface area contributed by atoms with Gasteiger partial charge in [-0.25, -0.2) is 4.68 Å². The van der Waals surface area contributed by atoms with E-state index in [9.17, 15) is 0 Å². The number of hydrogen-bond acceptors (Lipinski definition) is 3. The van der Waals surface area contributed by atoms with Crippen LogP contribution in [0.3, 0.4) is 0 Å². The number of halogens is 1. The Morgan fingerprint density at radius 2 is 1.92 bits per heavy atom. The minimum atomic E-state index is 0.788. The average molecular weight is 286 g/mol. The molecule has 1 aromatic carbocycles. The molecule has 0 spiro atoms. The van der Waals surface area contributed by atoms with Gasteiger partial charge in [0.1, 0.15) is 0 Å². The highest BCUT2D eigenvalue weighted by molar-refractivity contribution is 14.1. The van der Waals surface area contributed by atoms with Crippen molar-refractivity contribution >= 4 is 22.6 Å². The van der Waals surface area contributed by atoms with Crippen LogP contribution in [-0.2, 0) is 7.05 Å². The largest absolute Gasteiger partial charge is 0.229 e. The van der Waals surface area contributed by atoms with Gasteiger partial charge in [0, 0.05) is 16.2 Å². The van der Waals surface area contributed by atoms with Crippen LogP contribution in [0.15, 0.2) is 24.3 Å². The van der Waals surface area contributed by atoms with Gasteiger partial charge >= 0.3 is 0 Å². The summed E-state index contributed by atoms with van der Waals surface area (Å²) in [6.45, 7) is 0. The SMILES string of the molecule is Cn1nnnc1-c1ccc(I)cc1. The lowest BCUT2D eigenvalue weighted by Crippen LogP contribution is -1.94. The highest BCUT2D eigenvalue weighted by Crippen LogP contribution is 2.16. The predicted molar refractivity (Wildman–Crippen MR) is 57.0 cm³/mol. The molecular weight excluding hydrogens is 279 g/mol. The Morgan fingerprint density at radius 3 is 2.46 bits per heavy atom. The highest BCUT2D eigenvalue weighted by atomic mass is 127. The van der Waals surface area contributed by atoms with Crippen LogP contribution in [0.4, 0.5) is 0 Å². The quantitative estimate of drug-likeness (QED) is 0.746. The van der Waals surface area contributed by atoms with Crippen LogP contribution in [-0.4, -0.2) is 20.2 Å². The van der Waals surface area contributed by atoms with Crippen LogP contribution >= 0.6 is 22.6 Å². The number of aryl methyl sites for hydroxylation is 1. The van der Waals surface area contributed by atoms with Gasteiger partial charge in [-0.1, -0.05) is 12.1 Å². The van der Waals surface area contributed by atoms with Crippen molar-refractivity contribution in [1.29, 1.82) is 0 Å². The van der Waals surface area contributed by atoms with Gasteiger partial charge in [0.2, 0.25) is 0 Å². The summed E-state index contributed by atoms with van der Waals surface area (Å²) in [4.78, 5) is 0. The van der Waals surface area contributed by atoms with E-state index in [0.717, 1.165) is 11.4 Å². The lowest BCUT2D eigenvalue weighted by Gasteiger charge is -1.97. The molecule has 0 unspecified atom stereocenters. The maximum Gasteiger partial charge on any atom is 0.181 e. The molecule has 0 saturated heterocycles. The zero-order chi connectivity index (χ0) is 9.26. The molecule has 0 amide bonds. The fourth-order valence-electron chi connectivity index (χ4n) is 1.07. The first-order chi connectivity index (χ1) is 6.27. The second kappa shape index (κ2) is 3.41. The Hall–Kier alpha value is -0.980. The lowest BCUT2D eigenvalue weighted by molar-refractivity contribution is 0.714. The Morgan fingerprint density at radius 1 is 1.23 bits per heavy atom. The van der Waals surface area contributed by atoms with E-state index in [1.54, 1.807) is 4.68 Å². The van der Waals surface area contributed by atoms with Crippen molar-refractivity contribution in [3.63, 3.8) is 0 Å². The minimum Gasteiger partial charge on any atom is -0.229 e. The van der Waals surface area contributed by atoms with E-state index in [0.29, 0.717) is 0 Å². The Balaban J connectivity index is 2.47. The van der Waals surface area contributed by atoms with Crippen LogP contribution in [0.2, 0.25) is 0 Å². The second-order valence-electron chi connectivity index (χ2n) is 2.63. The van der Waals surface area contributed by atoms with Crippen molar-refractivity contribution in [2.45, 2.75) is 0 Å². The van der Waals surface area contributed by atoms with E-state index in [1.165, 1.54) is 3.57 Å². The number of hydrogen-bond donors (Lipinski definition) is 0. The zero-order valence-corrected chi connectivity index (χ0v) is 9.13. The molecule has 0 aliphatic rings. The molecule has 0 fully saturated rings. The van der Waals surface area contributed by atoms with Crippen molar-refractivity contribution in [3.8, 4) is 11.4 Å². The van der Waals surface area contributed by atoms with Crippen LogP contribution in [0.5, 0.6) is 0 Å². The number of nitrogens with zero attached hydrogens (tertiary/aromatic N) is 4. The Labute approximate surface area is 89.1 Å². The van der Waals surface area contributed by atoms with E-state index in [2.05, 4.69) is 38.1 Å². The molecule has 1 aromatic heterocycles. The first-order valence-electron chi connectivity index (χ1n) is 3.75. The molecule has 2 rings (SSSR count). The minimum absolute atomic E-state index is 0.788. The van der Waals surface area contributed by atoms with Crippen molar-refractivity contribution in [3.05, 3.63) is 27.8 Å². The summed E-state index contributed by atoms with van der Waals surface area (Å²) in [5.74, 6) is 0.788. The zero-order valence-electron chi connectivity index (χ0n) is 6.98. The molecule has 13 heavy (non-hydrogen) atoms. The third-order valence-electron chi connectivity index (χ3n) is 1.72. The molecule has 0 aliphatic carbocycles. The van der Waals surface area contributed by atoms with Gasteiger partial charge < -0.3 is 0 Å². The smallest absolute Gasteiger partial charge is 0.181 e. The molecule has 0 saturated carbocycles. The summed E-state index contributed by atoms with van der Waals surface area (Å²) in [6.07, 6.45) is 0. The second-order valence-corrected chi connectivity index (χ2v) is 3.88. The van der Waals surface area contributed by atoms with Crippen molar-refractivity contribution in [2.75, 3.05) is 0 Å². The van der Waals surface area contributed by atoms with Crippen LogP contribution < -0.4 is 0 Å². The molecule has 1 heterocycles. The molecule has 4 nitrogen and oxygen atoms in total. The molecule has 0 aliphatic heterocycles. The number of benzene rings is 1. The molecular formula is C8H7IN4.